The third kappa shape index (κ3) is 3.22. The third-order valence-electron chi connectivity index (χ3n) is 13.6. The van der Waals surface area contributed by atoms with E-state index in [2.05, 4.69) is 56.9 Å². The first kappa shape index (κ1) is 28.0. The lowest BCUT2D eigenvalue weighted by Crippen LogP contribution is -2.66. The Bertz CT molecular complexity index is 1520. The van der Waals surface area contributed by atoms with Gasteiger partial charge in [-0.05, 0) is 97.9 Å². The third-order valence-corrected chi connectivity index (χ3v) is 13.6. The summed E-state index contributed by atoms with van der Waals surface area (Å²) in [4.78, 5) is 28.2. The van der Waals surface area contributed by atoms with Gasteiger partial charge in [0.1, 0.15) is 5.41 Å². The highest BCUT2D eigenvalue weighted by Gasteiger charge is 2.72. The number of esters is 1. The fourth-order valence-electron chi connectivity index (χ4n) is 11.3. The molecule has 7 rings (SSSR count). The van der Waals surface area contributed by atoms with Crippen LogP contribution in [0.25, 0.3) is 0 Å². The number of carbonyl (C=O) groups is 2. The number of aryl methyl sites for hydroxylation is 1. The lowest BCUT2D eigenvalue weighted by atomic mass is 9.34. The molecule has 0 N–H and O–H groups in total. The second kappa shape index (κ2) is 8.44. The van der Waals surface area contributed by atoms with Gasteiger partial charge in [-0.1, -0.05) is 45.3 Å². The molecule has 0 aromatic carbocycles. The first-order valence-electron chi connectivity index (χ1n) is 15.8. The van der Waals surface area contributed by atoms with Gasteiger partial charge in [-0.15, -0.1) is 10.2 Å². The minimum absolute atomic E-state index is 0.0252. The summed E-state index contributed by atoms with van der Waals surface area (Å²) in [6, 6.07) is 0. The Morgan fingerprint density at radius 3 is 2.45 bits per heavy atom. The molecule has 3 fully saturated rings. The summed E-state index contributed by atoms with van der Waals surface area (Å²) in [6.07, 6.45) is 10.7. The van der Waals surface area contributed by atoms with E-state index in [0.717, 1.165) is 62.7 Å². The number of rotatable bonds is 2. The van der Waals surface area contributed by atoms with Crippen molar-refractivity contribution in [1.29, 1.82) is 0 Å². The normalized spacial score (nSPS) is 43.7. The number of hydrogen-bond acceptors (Lipinski definition) is 8. The summed E-state index contributed by atoms with van der Waals surface area (Å²) in [5, 5.41) is 12.9. The Hall–Kier alpha value is -2.77. The molecule has 0 saturated heterocycles. The number of hydrogen-bond donors (Lipinski definition) is 0. The van der Waals surface area contributed by atoms with Crippen LogP contribution in [0.1, 0.15) is 110 Å². The molecule has 2 aromatic heterocycles. The highest BCUT2D eigenvalue weighted by molar-refractivity contribution is 5.96. The van der Waals surface area contributed by atoms with Gasteiger partial charge in [0, 0.05) is 18.4 Å². The lowest BCUT2D eigenvalue weighted by molar-refractivity contribution is -0.191. The van der Waals surface area contributed by atoms with Crippen LogP contribution in [0.5, 0.6) is 0 Å². The summed E-state index contributed by atoms with van der Waals surface area (Å²) in [5.41, 5.74) is 0.296. The van der Waals surface area contributed by atoms with Gasteiger partial charge < -0.3 is 13.7 Å². The van der Waals surface area contributed by atoms with E-state index in [1.54, 1.807) is 0 Å². The summed E-state index contributed by atoms with van der Waals surface area (Å²) in [6.45, 7) is 15.7. The number of ether oxygens (including phenoxy) is 1. The molecular weight excluding hydrogens is 530 g/mol. The van der Waals surface area contributed by atoms with E-state index in [0.29, 0.717) is 11.8 Å². The number of nitrogens with zero attached hydrogens (tertiary/aromatic N) is 3. The smallest absolute Gasteiger partial charge is 0.312 e. The van der Waals surface area contributed by atoms with Crippen molar-refractivity contribution >= 4 is 11.8 Å². The van der Waals surface area contributed by atoms with Crippen LogP contribution in [0.3, 0.4) is 0 Å². The molecule has 8 atom stereocenters. The van der Waals surface area contributed by atoms with Gasteiger partial charge in [0.05, 0.1) is 18.7 Å². The maximum atomic E-state index is 14.7. The van der Waals surface area contributed by atoms with E-state index < -0.39 is 10.8 Å². The van der Waals surface area contributed by atoms with Gasteiger partial charge in [0.2, 0.25) is 11.8 Å². The summed E-state index contributed by atoms with van der Waals surface area (Å²) < 4.78 is 17.5. The summed E-state index contributed by atoms with van der Waals surface area (Å²) in [7, 11) is 1.51. The van der Waals surface area contributed by atoms with Crippen LogP contribution in [-0.4, -0.2) is 34.2 Å². The maximum absolute atomic E-state index is 14.7. The topological polar surface area (TPSA) is 108 Å². The highest BCUT2D eigenvalue weighted by Crippen LogP contribution is 2.75. The van der Waals surface area contributed by atoms with Crippen LogP contribution in [0, 0.1) is 51.8 Å². The molecule has 0 bridgehead atoms. The van der Waals surface area contributed by atoms with E-state index in [-0.39, 0.29) is 51.2 Å². The largest absolute Gasteiger partial charge is 0.469 e. The second-order valence-electron chi connectivity index (χ2n) is 16.0. The molecule has 8 nitrogen and oxygen atoms in total. The van der Waals surface area contributed by atoms with Crippen molar-refractivity contribution in [3.05, 3.63) is 41.0 Å². The number of aromatic nitrogens is 3. The molecule has 5 aliphatic carbocycles. The van der Waals surface area contributed by atoms with Gasteiger partial charge in [0.25, 0.3) is 0 Å². The fraction of sp³-hybridized carbons (Fsp3) is 0.735. The van der Waals surface area contributed by atoms with Gasteiger partial charge in [-0.3, -0.25) is 9.59 Å². The molecule has 0 radical (unpaired) electrons. The molecule has 3 saturated carbocycles. The van der Waals surface area contributed by atoms with Crippen molar-refractivity contribution < 1.29 is 23.3 Å². The van der Waals surface area contributed by atoms with Crippen LogP contribution in [0.2, 0.25) is 0 Å². The molecule has 42 heavy (non-hydrogen) atoms. The predicted octanol–water partition coefficient (Wildman–Crippen LogP) is 6.56. The predicted molar refractivity (Wildman–Crippen MR) is 154 cm³/mol. The SMILES string of the molecule is COC(=O)[C@]12CCC(C)(C)C[C@H]1[C@H]1C(=O)C=C3[C@@]4(C)Cc5cnoc5[C@@](C)(c5nnc(C)o5)C4CC[C@@]3(C)[C@]1(C)CC2. The number of ketones is 1. The first-order chi connectivity index (χ1) is 19.7. The Morgan fingerprint density at radius 1 is 1.02 bits per heavy atom. The summed E-state index contributed by atoms with van der Waals surface area (Å²) in [5.74, 6) is 1.79. The molecule has 2 heterocycles. The van der Waals surface area contributed by atoms with E-state index in [1.165, 1.54) is 12.7 Å². The fourth-order valence-corrected chi connectivity index (χ4v) is 11.3. The number of fused-ring (bicyclic) bond motifs is 8. The van der Waals surface area contributed by atoms with E-state index >= 15 is 0 Å². The van der Waals surface area contributed by atoms with Crippen LogP contribution in [0.4, 0.5) is 0 Å². The molecule has 1 unspecified atom stereocenters. The van der Waals surface area contributed by atoms with Gasteiger partial charge >= 0.3 is 5.97 Å². The van der Waals surface area contributed by atoms with Crippen LogP contribution < -0.4 is 0 Å². The van der Waals surface area contributed by atoms with Gasteiger partial charge in [-0.25, -0.2) is 0 Å². The first-order valence-corrected chi connectivity index (χ1v) is 15.8. The Kier molecular flexibility index (Phi) is 5.63. The average molecular weight is 576 g/mol. The van der Waals surface area contributed by atoms with Gasteiger partial charge in [0.15, 0.2) is 11.5 Å². The summed E-state index contributed by atoms with van der Waals surface area (Å²) >= 11 is 0. The van der Waals surface area contributed by atoms with Crippen molar-refractivity contribution in [2.75, 3.05) is 7.11 Å². The van der Waals surface area contributed by atoms with Crippen LogP contribution in [0.15, 0.2) is 26.8 Å². The molecule has 8 heteroatoms. The maximum Gasteiger partial charge on any atom is 0.312 e. The standard InChI is InChI=1S/C34H45N3O5/c1-19-36-37-27(41-19)33(7)23-9-10-31(5)24(30(23,4)16-20-18-35-42-26(20)33)15-22(38)25-21-17-29(2,3)11-13-34(21,28(39)40-8)14-12-32(25,31)6/h15,18,21,23,25H,9-14,16-17H2,1-8H3/t21-,23?,25-,30-,31+,32+,33-,34-/m0/s1. The zero-order valence-electron chi connectivity index (χ0n) is 26.4. The van der Waals surface area contributed by atoms with Crippen LogP contribution in [-0.2, 0) is 26.2 Å². The van der Waals surface area contributed by atoms with E-state index in [4.69, 9.17) is 13.7 Å². The molecule has 2 aromatic rings. The zero-order valence-corrected chi connectivity index (χ0v) is 26.4. The van der Waals surface area contributed by atoms with Crippen molar-refractivity contribution in [2.24, 2.45) is 44.8 Å². The lowest BCUT2D eigenvalue weighted by Gasteiger charge is -2.69. The molecule has 0 aliphatic heterocycles. The highest BCUT2D eigenvalue weighted by atomic mass is 16.5. The minimum Gasteiger partial charge on any atom is -0.469 e. The Labute approximate surface area is 248 Å². The number of carbonyl (C=O) groups excluding carboxylic acids is 2. The van der Waals surface area contributed by atoms with E-state index in [1.807, 2.05) is 19.2 Å². The molecule has 0 spiro atoms. The molecule has 226 valence electrons. The quantitative estimate of drug-likeness (QED) is 0.370. The number of allylic oxidation sites excluding steroid dienone is 2. The zero-order chi connectivity index (χ0) is 30.1. The minimum atomic E-state index is -0.664. The van der Waals surface area contributed by atoms with Crippen molar-refractivity contribution in [2.45, 2.75) is 105 Å². The molecular formula is C34H45N3O5. The molecule has 0 amide bonds. The second-order valence-corrected chi connectivity index (χ2v) is 16.0. The number of methoxy groups -OCH3 is 1. The van der Waals surface area contributed by atoms with Crippen molar-refractivity contribution in [1.82, 2.24) is 15.4 Å². The Morgan fingerprint density at radius 2 is 1.76 bits per heavy atom. The molecule has 5 aliphatic rings. The van der Waals surface area contributed by atoms with Crippen molar-refractivity contribution in [3.8, 4) is 0 Å². The van der Waals surface area contributed by atoms with Crippen molar-refractivity contribution in [3.63, 3.8) is 0 Å². The monoisotopic (exact) mass is 575 g/mol. The van der Waals surface area contributed by atoms with Crippen LogP contribution >= 0.6 is 0 Å². The van der Waals surface area contributed by atoms with E-state index in [9.17, 15) is 9.59 Å². The van der Waals surface area contributed by atoms with Gasteiger partial charge in [-0.2, -0.15) is 0 Å². The average Bonchev–Trinajstić information content (AvgIpc) is 3.58. The Balaban J connectivity index is 1.39.